The first kappa shape index (κ1) is 35.6. The number of benzene rings is 3. The third-order valence-corrected chi connectivity index (χ3v) is 10.2. The monoisotopic (exact) mass is 689 g/mol. The summed E-state index contributed by atoms with van der Waals surface area (Å²) in [6.45, 7) is 1.31. The number of carboxylic acid groups (broad SMARTS) is 1. The highest BCUT2D eigenvalue weighted by molar-refractivity contribution is 7.92. The van der Waals surface area contributed by atoms with Gasteiger partial charge in [-0.3, -0.25) is 4.72 Å². The molecule has 7 N–H and O–H groups in total. The maximum Gasteiger partial charge on any atom is 0.326 e. The van der Waals surface area contributed by atoms with E-state index in [9.17, 15) is 41.7 Å². The number of aliphatic carboxylic acids is 1. The minimum absolute atomic E-state index is 0.0301. The number of aliphatic hydroxyl groups excluding tert-OH is 1. The molecule has 4 rings (SSSR count). The summed E-state index contributed by atoms with van der Waals surface area (Å²) >= 11 is 0. The number of sulfonamides is 2. The molecule has 1 aliphatic rings. The van der Waals surface area contributed by atoms with Crippen LogP contribution in [0.5, 0.6) is 5.75 Å². The van der Waals surface area contributed by atoms with Gasteiger partial charge >= 0.3 is 12.0 Å². The molecule has 0 bridgehead atoms. The van der Waals surface area contributed by atoms with Gasteiger partial charge in [-0.05, 0) is 72.8 Å². The molecule has 0 spiro atoms. The van der Waals surface area contributed by atoms with Crippen LogP contribution in [0.3, 0.4) is 0 Å². The van der Waals surface area contributed by atoms with Gasteiger partial charge in [0.25, 0.3) is 0 Å². The lowest BCUT2D eigenvalue weighted by Crippen LogP contribution is -2.44. The lowest BCUT2D eigenvalue weighted by Gasteiger charge is -2.31. The van der Waals surface area contributed by atoms with Gasteiger partial charge in [-0.1, -0.05) is 36.4 Å². The van der Waals surface area contributed by atoms with E-state index in [1.165, 1.54) is 46.8 Å². The van der Waals surface area contributed by atoms with Gasteiger partial charge in [0.2, 0.25) is 20.0 Å². The normalized spacial score (nSPS) is 15.8. The summed E-state index contributed by atoms with van der Waals surface area (Å²) in [5.74, 6) is -1.28. The van der Waals surface area contributed by atoms with Crippen molar-refractivity contribution in [3.63, 3.8) is 0 Å². The van der Waals surface area contributed by atoms with Crippen molar-refractivity contribution in [1.82, 2.24) is 14.9 Å². The average molecular weight is 690 g/mol. The molecular formula is C31H39N5O9S2. The number of anilines is 2. The molecule has 1 heterocycles. The Hall–Kier alpha value is -4.22. The number of phenolic OH excluding ortho intramolecular Hbond substituents is 1. The Bertz CT molecular complexity index is 1750. The summed E-state index contributed by atoms with van der Waals surface area (Å²) in [6, 6.07) is 16.8. The van der Waals surface area contributed by atoms with Gasteiger partial charge in [-0.15, -0.1) is 0 Å². The maximum absolute atomic E-state index is 13.3. The van der Waals surface area contributed by atoms with Crippen LogP contribution in [-0.4, -0.2) is 86.9 Å². The van der Waals surface area contributed by atoms with E-state index in [0.29, 0.717) is 43.7 Å². The molecule has 1 fully saturated rings. The quantitative estimate of drug-likeness (QED) is 0.123. The molecule has 0 unspecified atom stereocenters. The summed E-state index contributed by atoms with van der Waals surface area (Å²) in [5, 5.41) is 38.1. The first-order valence-corrected chi connectivity index (χ1v) is 18.2. The Morgan fingerprint density at radius 1 is 0.957 bits per heavy atom. The van der Waals surface area contributed by atoms with E-state index in [0.717, 1.165) is 11.8 Å². The smallest absolute Gasteiger partial charge is 0.326 e. The third-order valence-electron chi connectivity index (χ3n) is 7.68. The highest BCUT2D eigenvalue weighted by Gasteiger charge is 2.29. The summed E-state index contributed by atoms with van der Waals surface area (Å²) < 4.78 is 53.2. The second kappa shape index (κ2) is 15.6. The molecule has 3 aromatic carbocycles. The number of aromatic hydroxyl groups is 1. The second-order valence-electron chi connectivity index (χ2n) is 11.4. The molecule has 0 radical (unpaired) electrons. The van der Waals surface area contributed by atoms with Crippen LogP contribution in [0.2, 0.25) is 0 Å². The summed E-state index contributed by atoms with van der Waals surface area (Å²) in [7, 11) is -7.40. The molecule has 2 atom stereocenters. The zero-order chi connectivity index (χ0) is 34.2. The summed E-state index contributed by atoms with van der Waals surface area (Å²) in [5.41, 5.74) is 1.43. The van der Waals surface area contributed by atoms with Crippen molar-refractivity contribution >= 4 is 43.4 Å². The number of piperidine rings is 1. The maximum atomic E-state index is 13.3. The first-order valence-electron chi connectivity index (χ1n) is 14.8. The Kier molecular flexibility index (Phi) is 11.8. The largest absolute Gasteiger partial charge is 0.506 e. The molecule has 2 amide bonds. The fourth-order valence-electron chi connectivity index (χ4n) is 5.17. The summed E-state index contributed by atoms with van der Waals surface area (Å²) in [4.78, 5) is 24.2. The Morgan fingerprint density at radius 3 is 2.23 bits per heavy atom. The highest BCUT2D eigenvalue weighted by Crippen LogP contribution is 2.28. The highest BCUT2D eigenvalue weighted by atomic mass is 32.2. The molecule has 3 aromatic rings. The van der Waals surface area contributed by atoms with E-state index in [4.69, 9.17) is 0 Å². The molecule has 0 aromatic heterocycles. The van der Waals surface area contributed by atoms with Crippen molar-refractivity contribution in [2.45, 2.75) is 36.3 Å². The molecule has 1 saturated heterocycles. The molecule has 16 heteroatoms. The van der Waals surface area contributed by atoms with E-state index in [1.807, 2.05) is 6.07 Å². The molecule has 0 saturated carbocycles. The molecule has 1 aliphatic heterocycles. The van der Waals surface area contributed by atoms with Crippen molar-refractivity contribution in [2.24, 2.45) is 5.92 Å². The number of amides is 2. The SMILES string of the molecule is CS(=O)(=O)Nc1cc([C@@H](O)CNCC2CCN(S(=O)(=O)c3ccc(NC(=O)N[C@@H](Cc4ccccc4)C(=O)O)cc3)CC2)ccc1O. The van der Waals surface area contributed by atoms with Crippen molar-refractivity contribution in [1.29, 1.82) is 0 Å². The number of phenols is 1. The van der Waals surface area contributed by atoms with E-state index in [1.54, 1.807) is 24.3 Å². The van der Waals surface area contributed by atoms with Gasteiger partial charge in [-0.25, -0.2) is 26.4 Å². The van der Waals surface area contributed by atoms with Gasteiger partial charge in [0.15, 0.2) is 0 Å². The van der Waals surface area contributed by atoms with Crippen LogP contribution in [0, 0.1) is 5.92 Å². The molecule has 47 heavy (non-hydrogen) atoms. The fourth-order valence-corrected chi connectivity index (χ4v) is 7.21. The average Bonchev–Trinajstić information content (AvgIpc) is 3.02. The lowest BCUT2D eigenvalue weighted by molar-refractivity contribution is -0.139. The third kappa shape index (κ3) is 10.4. The number of hydrogen-bond acceptors (Lipinski definition) is 9. The van der Waals surface area contributed by atoms with Crippen LogP contribution >= 0.6 is 0 Å². The number of aliphatic hydroxyl groups is 1. The van der Waals surface area contributed by atoms with Crippen molar-refractivity contribution in [3.05, 3.63) is 83.9 Å². The molecule has 254 valence electrons. The van der Waals surface area contributed by atoms with Crippen LogP contribution in [-0.2, 0) is 31.3 Å². The van der Waals surface area contributed by atoms with Crippen molar-refractivity contribution in [2.75, 3.05) is 42.5 Å². The second-order valence-corrected chi connectivity index (χ2v) is 15.1. The van der Waals surface area contributed by atoms with Gasteiger partial charge in [0.05, 0.1) is 22.9 Å². The van der Waals surface area contributed by atoms with Gasteiger partial charge in [0, 0.05) is 31.7 Å². The van der Waals surface area contributed by atoms with Gasteiger partial charge in [0.1, 0.15) is 11.8 Å². The molecule has 0 aliphatic carbocycles. The zero-order valence-electron chi connectivity index (χ0n) is 25.7. The number of carboxylic acids is 1. The minimum Gasteiger partial charge on any atom is -0.506 e. The van der Waals surface area contributed by atoms with E-state index in [2.05, 4.69) is 20.7 Å². The summed E-state index contributed by atoms with van der Waals surface area (Å²) in [6.07, 6.45) is 1.28. The Balaban J connectivity index is 1.23. The molecule has 14 nitrogen and oxygen atoms in total. The van der Waals surface area contributed by atoms with Crippen LogP contribution < -0.4 is 20.7 Å². The number of rotatable bonds is 14. The van der Waals surface area contributed by atoms with Gasteiger partial charge < -0.3 is 31.3 Å². The topological polar surface area (TPSA) is 214 Å². The van der Waals surface area contributed by atoms with Crippen LogP contribution in [0.4, 0.5) is 16.2 Å². The van der Waals surface area contributed by atoms with E-state index in [-0.39, 0.29) is 35.2 Å². The predicted octanol–water partition coefficient (Wildman–Crippen LogP) is 2.31. The lowest BCUT2D eigenvalue weighted by atomic mass is 9.98. The number of urea groups is 1. The van der Waals surface area contributed by atoms with Gasteiger partial charge in [-0.2, -0.15) is 4.31 Å². The van der Waals surface area contributed by atoms with E-state index < -0.39 is 44.2 Å². The minimum atomic E-state index is -3.79. The Labute approximate surface area is 273 Å². The van der Waals surface area contributed by atoms with Crippen molar-refractivity contribution < 1.29 is 41.7 Å². The number of carbonyl (C=O) groups is 2. The van der Waals surface area contributed by atoms with Crippen LogP contribution in [0.25, 0.3) is 0 Å². The van der Waals surface area contributed by atoms with E-state index >= 15 is 0 Å². The van der Waals surface area contributed by atoms with Crippen molar-refractivity contribution in [3.8, 4) is 5.75 Å². The standard InChI is InChI=1S/C31H39N5O9S2/c1-46(42,43)35-26-18-23(7-12-28(26)37)29(38)20-32-19-22-13-15-36(16-14-22)47(44,45)25-10-8-24(9-11-25)33-31(41)34-27(30(39)40)17-21-5-3-2-4-6-21/h2-12,18,22,27,29,32,35,37-38H,13-17,19-20H2,1H3,(H,39,40)(H2,33,34,41)/t27-,29-/m0/s1. The van der Waals surface area contributed by atoms with Crippen LogP contribution in [0.15, 0.2) is 77.7 Å². The number of nitrogens with zero attached hydrogens (tertiary/aromatic N) is 1. The number of nitrogens with one attached hydrogen (secondary N) is 4. The molecular weight excluding hydrogens is 651 g/mol. The fraction of sp³-hybridized carbons (Fsp3) is 0.355. The first-order chi connectivity index (χ1) is 22.2. The zero-order valence-corrected chi connectivity index (χ0v) is 27.3. The number of carbonyl (C=O) groups excluding carboxylic acids is 1. The van der Waals surface area contributed by atoms with Crippen LogP contribution in [0.1, 0.15) is 30.1 Å². The Morgan fingerprint density at radius 2 is 1.62 bits per heavy atom. The number of hydrogen-bond donors (Lipinski definition) is 7. The predicted molar refractivity (Wildman–Crippen MR) is 176 cm³/mol.